The number of hydrogen-bond acceptors (Lipinski definition) is 5. The number of benzene rings is 4. The summed E-state index contributed by atoms with van der Waals surface area (Å²) in [5.41, 5.74) is 3.69. The molecule has 5 aromatic rings. The van der Waals surface area contributed by atoms with Crippen LogP contribution in [0.4, 0.5) is 15.2 Å². The van der Waals surface area contributed by atoms with Gasteiger partial charge in [0.1, 0.15) is 11.1 Å². The molecule has 0 aliphatic carbocycles. The minimum absolute atomic E-state index is 0.173. The Hall–Kier alpha value is -4.27. The molecule has 5 rings (SSSR count). The maximum atomic E-state index is 13.5. The zero-order chi connectivity index (χ0) is 27.2. The Morgan fingerprint density at radius 3 is 2.13 bits per heavy atom. The molecule has 0 saturated heterocycles. The molecule has 0 saturated carbocycles. The number of thiazole rings is 1. The number of nitrogens with one attached hydrogen (secondary N) is 2. The summed E-state index contributed by atoms with van der Waals surface area (Å²) in [7, 11) is 0. The minimum atomic E-state index is -0.518. The minimum Gasteiger partial charge on any atom is -0.322 e. The van der Waals surface area contributed by atoms with Crippen LogP contribution < -0.4 is 10.6 Å². The molecule has 1 unspecified atom stereocenters. The Morgan fingerprint density at radius 2 is 1.46 bits per heavy atom. The lowest BCUT2D eigenvalue weighted by Gasteiger charge is -2.16. The van der Waals surface area contributed by atoms with E-state index in [0.717, 1.165) is 26.6 Å². The Morgan fingerprint density at radius 1 is 0.821 bits per heavy atom. The van der Waals surface area contributed by atoms with Crippen LogP contribution >= 0.6 is 23.1 Å². The van der Waals surface area contributed by atoms with Crippen molar-refractivity contribution in [2.45, 2.75) is 17.1 Å². The van der Waals surface area contributed by atoms with Crippen LogP contribution in [-0.2, 0) is 4.79 Å². The van der Waals surface area contributed by atoms with Crippen LogP contribution in [0.15, 0.2) is 114 Å². The van der Waals surface area contributed by atoms with Crippen LogP contribution in [-0.4, -0.2) is 16.8 Å². The van der Waals surface area contributed by atoms with Gasteiger partial charge in [0.25, 0.3) is 5.91 Å². The summed E-state index contributed by atoms with van der Waals surface area (Å²) in [6, 6.07) is 32.1. The second-order valence-corrected chi connectivity index (χ2v) is 11.1. The largest absolute Gasteiger partial charge is 0.322 e. The van der Waals surface area contributed by atoms with Crippen LogP contribution in [0.25, 0.3) is 11.3 Å². The van der Waals surface area contributed by atoms with E-state index in [9.17, 15) is 14.0 Å². The van der Waals surface area contributed by atoms with E-state index in [2.05, 4.69) is 15.6 Å². The van der Waals surface area contributed by atoms with Gasteiger partial charge in [0.15, 0.2) is 5.13 Å². The van der Waals surface area contributed by atoms with E-state index in [0.29, 0.717) is 16.4 Å². The first kappa shape index (κ1) is 26.3. The maximum Gasteiger partial charge on any atom is 0.255 e. The molecule has 1 atom stereocenters. The number of halogens is 1. The van der Waals surface area contributed by atoms with Gasteiger partial charge < -0.3 is 10.6 Å². The van der Waals surface area contributed by atoms with Crippen molar-refractivity contribution in [3.8, 4) is 11.3 Å². The highest BCUT2D eigenvalue weighted by molar-refractivity contribution is 8.00. The molecule has 8 heteroatoms. The van der Waals surface area contributed by atoms with Crippen molar-refractivity contribution in [2.75, 3.05) is 10.6 Å². The van der Waals surface area contributed by atoms with Crippen LogP contribution in [0.1, 0.15) is 26.0 Å². The van der Waals surface area contributed by atoms with Crippen molar-refractivity contribution in [1.82, 2.24) is 4.98 Å². The number of carbonyl (C=O) groups excluding carboxylic acids is 2. The number of amides is 2. The first-order valence-corrected chi connectivity index (χ1v) is 13.9. The molecule has 194 valence electrons. The average molecular weight is 554 g/mol. The third kappa shape index (κ3) is 6.60. The number of carbonyl (C=O) groups is 2. The van der Waals surface area contributed by atoms with E-state index in [1.165, 1.54) is 47.4 Å². The fraction of sp³-hybridized carbons (Fsp3) is 0.0645. The Kier molecular flexibility index (Phi) is 8.15. The van der Waals surface area contributed by atoms with Gasteiger partial charge in [0.2, 0.25) is 5.91 Å². The van der Waals surface area contributed by atoms with Crippen LogP contribution in [0, 0.1) is 12.7 Å². The molecule has 0 aliphatic rings. The molecule has 2 amide bonds. The molecule has 1 heterocycles. The van der Waals surface area contributed by atoms with Crippen LogP contribution in [0.5, 0.6) is 0 Å². The van der Waals surface area contributed by atoms with Gasteiger partial charge in [-0.15, -0.1) is 23.1 Å². The number of aromatic nitrogens is 1. The molecule has 1 aromatic heterocycles. The molecule has 5 nitrogen and oxygen atoms in total. The van der Waals surface area contributed by atoms with Crippen molar-refractivity contribution >= 4 is 45.7 Å². The lowest BCUT2D eigenvalue weighted by molar-refractivity contribution is -0.115. The van der Waals surface area contributed by atoms with Crippen molar-refractivity contribution in [1.29, 1.82) is 0 Å². The average Bonchev–Trinajstić information content (AvgIpc) is 3.33. The summed E-state index contributed by atoms with van der Waals surface area (Å²) in [5, 5.41) is 5.86. The Labute approximate surface area is 234 Å². The highest BCUT2D eigenvalue weighted by atomic mass is 32.2. The van der Waals surface area contributed by atoms with Crippen LogP contribution in [0.2, 0.25) is 0 Å². The zero-order valence-corrected chi connectivity index (χ0v) is 22.6. The van der Waals surface area contributed by atoms with E-state index < -0.39 is 11.1 Å². The molecule has 0 fully saturated rings. The van der Waals surface area contributed by atoms with Crippen molar-refractivity contribution in [3.63, 3.8) is 0 Å². The molecule has 0 aliphatic heterocycles. The summed E-state index contributed by atoms with van der Waals surface area (Å²) in [6.45, 7) is 2.00. The van der Waals surface area contributed by atoms with Gasteiger partial charge in [-0.05, 0) is 61.0 Å². The molecule has 0 bridgehead atoms. The lowest BCUT2D eigenvalue weighted by Crippen LogP contribution is -2.19. The van der Waals surface area contributed by atoms with Crippen LogP contribution in [0.3, 0.4) is 0 Å². The van der Waals surface area contributed by atoms with Crippen molar-refractivity contribution in [2.24, 2.45) is 0 Å². The number of aryl methyl sites for hydroxylation is 1. The first-order chi connectivity index (χ1) is 19.0. The van der Waals surface area contributed by atoms with E-state index in [-0.39, 0.29) is 11.8 Å². The smallest absolute Gasteiger partial charge is 0.255 e. The Balaban J connectivity index is 1.31. The normalized spacial score (nSPS) is 11.5. The van der Waals surface area contributed by atoms with E-state index in [1.54, 1.807) is 12.1 Å². The predicted molar refractivity (Wildman–Crippen MR) is 157 cm³/mol. The van der Waals surface area contributed by atoms with Gasteiger partial charge in [-0.3, -0.25) is 9.59 Å². The monoisotopic (exact) mass is 553 g/mol. The first-order valence-electron chi connectivity index (χ1n) is 12.2. The van der Waals surface area contributed by atoms with E-state index >= 15 is 0 Å². The number of hydrogen-bond donors (Lipinski definition) is 2. The predicted octanol–water partition coefficient (Wildman–Crippen LogP) is 7.98. The maximum absolute atomic E-state index is 13.5. The molecule has 0 radical (unpaired) electrons. The lowest BCUT2D eigenvalue weighted by atomic mass is 10.1. The Bertz CT molecular complexity index is 1570. The molecule has 0 spiro atoms. The fourth-order valence-corrected chi connectivity index (χ4v) is 5.81. The topological polar surface area (TPSA) is 71.1 Å². The third-order valence-corrected chi connectivity index (χ3v) is 8.04. The fourth-order valence-electron chi connectivity index (χ4n) is 3.94. The molecule has 2 N–H and O–H groups in total. The van der Waals surface area contributed by atoms with E-state index in [1.807, 2.05) is 79.7 Å². The zero-order valence-electron chi connectivity index (χ0n) is 20.9. The van der Waals surface area contributed by atoms with Gasteiger partial charge in [0.05, 0.1) is 5.69 Å². The highest BCUT2D eigenvalue weighted by Crippen LogP contribution is 2.38. The second kappa shape index (κ2) is 12.1. The van der Waals surface area contributed by atoms with Crippen molar-refractivity contribution in [3.05, 3.63) is 131 Å². The number of nitrogens with zero attached hydrogens (tertiary/aromatic N) is 1. The van der Waals surface area contributed by atoms with Gasteiger partial charge in [0, 0.05) is 26.6 Å². The summed E-state index contributed by atoms with van der Waals surface area (Å²) in [5.74, 6) is -0.898. The van der Waals surface area contributed by atoms with Gasteiger partial charge in [-0.2, -0.15) is 0 Å². The van der Waals surface area contributed by atoms with Gasteiger partial charge in [-0.1, -0.05) is 60.7 Å². The summed E-state index contributed by atoms with van der Waals surface area (Å²) < 4.78 is 13.2. The third-order valence-electron chi connectivity index (χ3n) is 5.89. The molecule has 39 heavy (non-hydrogen) atoms. The summed E-state index contributed by atoms with van der Waals surface area (Å²) >= 11 is 2.86. The quantitative estimate of drug-likeness (QED) is 0.191. The number of rotatable bonds is 8. The van der Waals surface area contributed by atoms with Crippen molar-refractivity contribution < 1.29 is 14.0 Å². The highest BCUT2D eigenvalue weighted by Gasteiger charge is 2.24. The standard InChI is InChI=1S/C31H24FN3O2S2/c1-20-27(21-8-4-2-5-9-21)34-31(38-20)35-30(37)28(22-10-6-3-7-11-22)39-26-18-16-25(17-19-26)33-29(36)23-12-14-24(32)15-13-23/h2-19,28H,1H3,(H,33,36)(H,34,35,37). The summed E-state index contributed by atoms with van der Waals surface area (Å²) in [4.78, 5) is 32.5. The number of thioether (sulfide) groups is 1. The van der Waals surface area contributed by atoms with Gasteiger partial charge in [-0.25, -0.2) is 9.37 Å². The molecule has 4 aromatic carbocycles. The molecular weight excluding hydrogens is 529 g/mol. The van der Waals surface area contributed by atoms with Gasteiger partial charge >= 0.3 is 0 Å². The number of anilines is 2. The van der Waals surface area contributed by atoms with E-state index in [4.69, 9.17) is 0 Å². The SMILES string of the molecule is Cc1sc(NC(=O)C(Sc2ccc(NC(=O)c3ccc(F)cc3)cc2)c2ccccc2)nc1-c1ccccc1. The molecular formula is C31H24FN3O2S2. The summed E-state index contributed by atoms with van der Waals surface area (Å²) in [6.07, 6.45) is 0. The second-order valence-electron chi connectivity index (χ2n) is 8.67.